The Morgan fingerprint density at radius 2 is 2.11 bits per heavy atom. The van der Waals surface area contributed by atoms with Gasteiger partial charge in [-0.05, 0) is 30.9 Å². The molecular formula is C15H17NO2. The molecule has 1 heterocycles. The highest BCUT2D eigenvalue weighted by Crippen LogP contribution is 2.32. The largest absolute Gasteiger partial charge is 0.488 e. The zero-order valence-corrected chi connectivity index (χ0v) is 10.8. The lowest BCUT2D eigenvalue weighted by Gasteiger charge is -2.06. The SMILES string of the molecule is CC(C)CCCOc1c(C#N)oc2ccccc12. The van der Waals surface area contributed by atoms with Gasteiger partial charge in [0, 0.05) is 0 Å². The van der Waals surface area contributed by atoms with E-state index in [9.17, 15) is 0 Å². The van der Waals surface area contributed by atoms with E-state index in [1.54, 1.807) is 0 Å². The van der Waals surface area contributed by atoms with Crippen molar-refractivity contribution in [2.24, 2.45) is 5.92 Å². The Morgan fingerprint density at radius 1 is 1.33 bits per heavy atom. The van der Waals surface area contributed by atoms with Crippen molar-refractivity contribution in [2.45, 2.75) is 26.7 Å². The van der Waals surface area contributed by atoms with Crippen LogP contribution >= 0.6 is 0 Å². The molecule has 0 unspecified atom stereocenters. The topological polar surface area (TPSA) is 46.2 Å². The average Bonchev–Trinajstić information content (AvgIpc) is 2.72. The first-order valence-electron chi connectivity index (χ1n) is 6.26. The number of para-hydroxylation sites is 1. The van der Waals surface area contributed by atoms with Gasteiger partial charge in [-0.1, -0.05) is 26.0 Å². The van der Waals surface area contributed by atoms with Crippen molar-refractivity contribution >= 4 is 11.0 Å². The first-order chi connectivity index (χ1) is 8.72. The highest BCUT2D eigenvalue weighted by molar-refractivity contribution is 5.86. The maximum Gasteiger partial charge on any atom is 0.246 e. The molecule has 0 saturated heterocycles. The highest BCUT2D eigenvalue weighted by atomic mass is 16.5. The summed E-state index contributed by atoms with van der Waals surface area (Å²) >= 11 is 0. The van der Waals surface area contributed by atoms with Crippen LogP contribution in [0.25, 0.3) is 11.0 Å². The van der Waals surface area contributed by atoms with Crippen molar-refractivity contribution in [2.75, 3.05) is 6.61 Å². The van der Waals surface area contributed by atoms with Crippen LogP contribution in [0.2, 0.25) is 0 Å². The monoisotopic (exact) mass is 243 g/mol. The molecule has 0 fully saturated rings. The standard InChI is InChI=1S/C15H17NO2/c1-11(2)6-5-9-17-15-12-7-3-4-8-13(12)18-14(15)10-16/h3-4,7-8,11H,5-6,9H2,1-2H3. The molecule has 0 spiro atoms. The van der Waals surface area contributed by atoms with Gasteiger partial charge >= 0.3 is 0 Å². The third kappa shape index (κ3) is 2.65. The predicted molar refractivity (Wildman–Crippen MR) is 70.5 cm³/mol. The lowest BCUT2D eigenvalue weighted by Crippen LogP contribution is -2.00. The second kappa shape index (κ2) is 5.59. The minimum absolute atomic E-state index is 0.265. The van der Waals surface area contributed by atoms with Crippen LogP contribution in [0.15, 0.2) is 28.7 Å². The van der Waals surface area contributed by atoms with Gasteiger partial charge in [0.2, 0.25) is 5.76 Å². The number of ether oxygens (including phenoxy) is 1. The normalized spacial score (nSPS) is 10.8. The average molecular weight is 243 g/mol. The maximum absolute atomic E-state index is 9.04. The van der Waals surface area contributed by atoms with Crippen LogP contribution in [0, 0.1) is 17.2 Å². The van der Waals surface area contributed by atoms with Gasteiger partial charge in [-0.2, -0.15) is 5.26 Å². The summed E-state index contributed by atoms with van der Waals surface area (Å²) in [7, 11) is 0. The number of furan rings is 1. The van der Waals surface area contributed by atoms with E-state index in [0.717, 1.165) is 18.2 Å². The summed E-state index contributed by atoms with van der Waals surface area (Å²) in [6, 6.07) is 9.60. The Hall–Kier alpha value is -1.95. The fourth-order valence-electron chi connectivity index (χ4n) is 1.90. The van der Waals surface area contributed by atoms with E-state index >= 15 is 0 Å². The maximum atomic E-state index is 9.04. The van der Waals surface area contributed by atoms with Crippen LogP contribution in [0.1, 0.15) is 32.4 Å². The number of rotatable bonds is 5. The quantitative estimate of drug-likeness (QED) is 0.742. The molecule has 0 aliphatic heterocycles. The van der Waals surface area contributed by atoms with E-state index in [2.05, 4.69) is 13.8 Å². The fourth-order valence-corrected chi connectivity index (χ4v) is 1.90. The van der Waals surface area contributed by atoms with Crippen LogP contribution < -0.4 is 4.74 Å². The zero-order valence-electron chi connectivity index (χ0n) is 10.8. The van der Waals surface area contributed by atoms with Gasteiger partial charge < -0.3 is 9.15 Å². The molecule has 2 aromatic rings. The van der Waals surface area contributed by atoms with E-state index in [-0.39, 0.29) is 5.76 Å². The number of benzene rings is 1. The van der Waals surface area contributed by atoms with Crippen molar-refractivity contribution in [3.05, 3.63) is 30.0 Å². The molecule has 18 heavy (non-hydrogen) atoms. The summed E-state index contributed by atoms with van der Waals surface area (Å²) in [5.74, 6) is 1.52. The van der Waals surface area contributed by atoms with E-state index < -0.39 is 0 Å². The van der Waals surface area contributed by atoms with Crippen molar-refractivity contribution in [1.29, 1.82) is 5.26 Å². The molecule has 0 N–H and O–H groups in total. The van der Waals surface area contributed by atoms with E-state index in [1.807, 2.05) is 30.3 Å². The van der Waals surface area contributed by atoms with E-state index in [4.69, 9.17) is 14.4 Å². The Kier molecular flexibility index (Phi) is 3.88. The fraction of sp³-hybridized carbons (Fsp3) is 0.400. The van der Waals surface area contributed by atoms with Gasteiger partial charge in [0.25, 0.3) is 0 Å². The first-order valence-corrected chi connectivity index (χ1v) is 6.26. The van der Waals surface area contributed by atoms with Crippen molar-refractivity contribution in [3.63, 3.8) is 0 Å². The second-order valence-corrected chi connectivity index (χ2v) is 4.75. The summed E-state index contributed by atoms with van der Waals surface area (Å²) < 4.78 is 11.2. The molecule has 3 heteroatoms. The Balaban J connectivity index is 2.14. The minimum Gasteiger partial charge on any atom is -0.488 e. The molecule has 2 rings (SSSR count). The minimum atomic E-state index is 0.265. The van der Waals surface area contributed by atoms with Crippen molar-refractivity contribution < 1.29 is 9.15 Å². The van der Waals surface area contributed by atoms with Crippen molar-refractivity contribution in [1.82, 2.24) is 0 Å². The van der Waals surface area contributed by atoms with Crippen LogP contribution in [0.5, 0.6) is 5.75 Å². The molecule has 0 saturated carbocycles. The molecule has 1 aromatic heterocycles. The molecule has 3 nitrogen and oxygen atoms in total. The molecule has 94 valence electrons. The lowest BCUT2D eigenvalue weighted by molar-refractivity contribution is 0.296. The second-order valence-electron chi connectivity index (χ2n) is 4.75. The third-order valence-corrected chi connectivity index (χ3v) is 2.82. The molecule has 0 atom stereocenters. The van der Waals surface area contributed by atoms with E-state index in [0.29, 0.717) is 23.9 Å². The molecule has 0 aliphatic rings. The number of hydrogen-bond acceptors (Lipinski definition) is 3. The summed E-state index contributed by atoms with van der Waals surface area (Å²) in [5, 5.41) is 9.91. The predicted octanol–water partition coefficient (Wildman–Crippen LogP) is 4.12. The number of fused-ring (bicyclic) bond motifs is 1. The molecule has 0 radical (unpaired) electrons. The van der Waals surface area contributed by atoms with Gasteiger partial charge in [-0.25, -0.2) is 0 Å². The number of nitriles is 1. The summed E-state index contributed by atoms with van der Waals surface area (Å²) in [4.78, 5) is 0. The van der Waals surface area contributed by atoms with Crippen LogP contribution in [-0.2, 0) is 0 Å². The van der Waals surface area contributed by atoms with Crippen LogP contribution in [0.3, 0.4) is 0 Å². The molecule has 0 aliphatic carbocycles. The first kappa shape index (κ1) is 12.5. The number of hydrogen-bond donors (Lipinski definition) is 0. The summed E-state index contributed by atoms with van der Waals surface area (Å²) in [6.07, 6.45) is 2.11. The van der Waals surface area contributed by atoms with Gasteiger partial charge in [0.05, 0.1) is 12.0 Å². The highest BCUT2D eigenvalue weighted by Gasteiger charge is 2.14. The smallest absolute Gasteiger partial charge is 0.246 e. The van der Waals surface area contributed by atoms with Gasteiger partial charge in [0.1, 0.15) is 11.7 Å². The Bertz CT molecular complexity index is 563. The van der Waals surface area contributed by atoms with Gasteiger partial charge in [-0.3, -0.25) is 0 Å². The third-order valence-electron chi connectivity index (χ3n) is 2.82. The molecular weight excluding hydrogens is 226 g/mol. The summed E-state index contributed by atoms with van der Waals surface area (Å²) in [5.41, 5.74) is 0.702. The molecule has 1 aromatic carbocycles. The Morgan fingerprint density at radius 3 is 2.83 bits per heavy atom. The molecule has 0 bridgehead atoms. The number of nitrogens with zero attached hydrogens (tertiary/aromatic N) is 1. The molecule has 0 amide bonds. The van der Waals surface area contributed by atoms with E-state index in [1.165, 1.54) is 0 Å². The Labute approximate surface area is 107 Å². The summed E-state index contributed by atoms with van der Waals surface area (Å²) in [6.45, 7) is 5.00. The van der Waals surface area contributed by atoms with Gasteiger partial charge in [0.15, 0.2) is 5.75 Å². The van der Waals surface area contributed by atoms with Crippen LogP contribution in [0.4, 0.5) is 0 Å². The zero-order chi connectivity index (χ0) is 13.0. The lowest BCUT2D eigenvalue weighted by atomic mass is 10.1. The van der Waals surface area contributed by atoms with Crippen molar-refractivity contribution in [3.8, 4) is 11.8 Å². The van der Waals surface area contributed by atoms with Crippen LogP contribution in [-0.4, -0.2) is 6.61 Å². The van der Waals surface area contributed by atoms with Gasteiger partial charge in [-0.15, -0.1) is 0 Å².